The minimum Gasteiger partial charge on any atom is -0.364 e. The maximum absolute atomic E-state index is 13.4. The van der Waals surface area contributed by atoms with Crippen LogP contribution in [0.15, 0.2) is 34.0 Å². The summed E-state index contributed by atoms with van der Waals surface area (Å²) in [6, 6.07) is 4.52. The Bertz CT molecular complexity index is 1170. The molecule has 28 heavy (non-hydrogen) atoms. The van der Waals surface area contributed by atoms with E-state index < -0.39 is 5.56 Å². The number of anilines is 1. The van der Waals surface area contributed by atoms with Crippen molar-refractivity contribution in [1.82, 2.24) is 20.0 Å². The summed E-state index contributed by atoms with van der Waals surface area (Å²) in [4.78, 5) is 26.2. The van der Waals surface area contributed by atoms with Crippen LogP contribution in [0.5, 0.6) is 0 Å². The van der Waals surface area contributed by atoms with Gasteiger partial charge in [-0.05, 0) is 37.1 Å². The molecule has 3 heterocycles. The van der Waals surface area contributed by atoms with Gasteiger partial charge in [0.2, 0.25) is 0 Å². The molecule has 1 atom stereocenters. The zero-order chi connectivity index (χ0) is 20.0. The van der Waals surface area contributed by atoms with E-state index in [2.05, 4.69) is 15.3 Å². The number of nitrogens with one attached hydrogen (secondary N) is 2. The van der Waals surface area contributed by atoms with Gasteiger partial charge in [-0.1, -0.05) is 17.7 Å². The number of fused-ring (bicyclic) bond motifs is 1. The second kappa shape index (κ2) is 6.94. The second-order valence-electron chi connectivity index (χ2n) is 6.98. The lowest BCUT2D eigenvalue weighted by Gasteiger charge is -2.30. The number of benzene rings is 1. The Hall–Kier alpha value is -2.87. The molecular weight excluding hydrogens is 385 g/mol. The molecule has 0 radical (unpaired) electrons. The lowest BCUT2D eigenvalue weighted by Crippen LogP contribution is -2.34. The van der Waals surface area contributed by atoms with E-state index in [1.165, 1.54) is 18.3 Å². The van der Waals surface area contributed by atoms with Gasteiger partial charge in [-0.25, -0.2) is 9.49 Å². The molecule has 0 saturated heterocycles. The summed E-state index contributed by atoms with van der Waals surface area (Å²) < 4.78 is 15.3. The van der Waals surface area contributed by atoms with Crippen LogP contribution in [0.25, 0.3) is 0 Å². The van der Waals surface area contributed by atoms with Gasteiger partial charge >= 0.3 is 0 Å². The maximum atomic E-state index is 13.4. The summed E-state index contributed by atoms with van der Waals surface area (Å²) >= 11 is 6.11. The SMILES string of the molecule is Cc1cc(F)ccc1C(C)n1[nH]c(=O)c2c1CCN(c1cn[nH]c(=O)c1Cl)C2. The average molecular weight is 404 g/mol. The zero-order valence-corrected chi connectivity index (χ0v) is 16.2. The molecule has 0 fully saturated rings. The fourth-order valence-electron chi connectivity index (χ4n) is 3.84. The Morgan fingerprint density at radius 1 is 1.29 bits per heavy atom. The highest BCUT2D eigenvalue weighted by Crippen LogP contribution is 2.29. The van der Waals surface area contributed by atoms with Gasteiger partial charge < -0.3 is 4.90 Å². The third kappa shape index (κ3) is 3.03. The van der Waals surface area contributed by atoms with Gasteiger partial charge in [0.25, 0.3) is 11.1 Å². The number of aromatic amines is 2. The van der Waals surface area contributed by atoms with Crippen molar-refractivity contribution < 1.29 is 4.39 Å². The molecule has 0 saturated carbocycles. The molecule has 0 amide bonds. The lowest BCUT2D eigenvalue weighted by atomic mass is 10.0. The maximum Gasteiger partial charge on any atom is 0.285 e. The fraction of sp³-hybridized carbons (Fsp3) is 0.316. The van der Waals surface area contributed by atoms with Crippen LogP contribution in [0.4, 0.5) is 10.1 Å². The number of aryl methyl sites for hydroxylation is 1. The number of hydrogen-bond donors (Lipinski definition) is 2. The van der Waals surface area contributed by atoms with Crippen molar-refractivity contribution in [3.63, 3.8) is 0 Å². The molecule has 0 aliphatic carbocycles. The number of nitrogens with zero attached hydrogens (tertiary/aromatic N) is 3. The van der Waals surface area contributed by atoms with Crippen LogP contribution in [0.3, 0.4) is 0 Å². The van der Waals surface area contributed by atoms with E-state index in [-0.39, 0.29) is 22.4 Å². The summed E-state index contributed by atoms with van der Waals surface area (Å²) in [6.45, 7) is 4.74. The van der Waals surface area contributed by atoms with Crippen LogP contribution >= 0.6 is 11.6 Å². The zero-order valence-electron chi connectivity index (χ0n) is 15.4. The second-order valence-corrected chi connectivity index (χ2v) is 7.36. The van der Waals surface area contributed by atoms with Crippen LogP contribution in [0, 0.1) is 12.7 Å². The number of halogens is 2. The Morgan fingerprint density at radius 3 is 2.82 bits per heavy atom. The number of aromatic nitrogens is 4. The summed E-state index contributed by atoms with van der Waals surface area (Å²) in [7, 11) is 0. The standard InChI is InChI=1S/C19H19ClFN5O2/c1-10-7-12(21)3-4-13(10)11(2)26-15-5-6-25(9-14(15)18(27)24-26)16-8-22-23-19(28)17(16)20/h3-4,7-8,11H,5-6,9H2,1-2H3,(H,23,28)(H,24,27). The third-order valence-electron chi connectivity index (χ3n) is 5.29. The first-order chi connectivity index (χ1) is 13.4. The van der Waals surface area contributed by atoms with Crippen molar-refractivity contribution in [2.24, 2.45) is 0 Å². The van der Waals surface area contributed by atoms with Crippen molar-refractivity contribution in [1.29, 1.82) is 0 Å². The Balaban J connectivity index is 1.70. The molecule has 146 valence electrons. The molecule has 1 aliphatic rings. The van der Waals surface area contributed by atoms with Crippen molar-refractivity contribution in [2.45, 2.75) is 32.9 Å². The van der Waals surface area contributed by atoms with Gasteiger partial charge in [0, 0.05) is 18.7 Å². The molecule has 1 aromatic carbocycles. The van der Waals surface area contributed by atoms with Gasteiger partial charge in [0.1, 0.15) is 10.8 Å². The van der Waals surface area contributed by atoms with E-state index in [9.17, 15) is 14.0 Å². The number of rotatable bonds is 3. The molecule has 4 rings (SSSR count). The van der Waals surface area contributed by atoms with E-state index in [0.29, 0.717) is 30.8 Å². The van der Waals surface area contributed by atoms with Gasteiger partial charge in [-0.2, -0.15) is 5.10 Å². The molecule has 0 spiro atoms. The number of hydrogen-bond acceptors (Lipinski definition) is 4. The lowest BCUT2D eigenvalue weighted by molar-refractivity contribution is 0.522. The van der Waals surface area contributed by atoms with E-state index in [0.717, 1.165) is 16.8 Å². The van der Waals surface area contributed by atoms with E-state index in [1.54, 1.807) is 6.07 Å². The van der Waals surface area contributed by atoms with Crippen molar-refractivity contribution in [3.05, 3.63) is 78.3 Å². The van der Waals surface area contributed by atoms with Crippen LogP contribution < -0.4 is 16.0 Å². The normalized spacial score (nSPS) is 14.8. The first-order valence-electron chi connectivity index (χ1n) is 8.93. The summed E-state index contributed by atoms with van der Waals surface area (Å²) in [6.07, 6.45) is 2.09. The third-order valence-corrected chi connectivity index (χ3v) is 5.66. The van der Waals surface area contributed by atoms with Gasteiger partial charge in [-0.3, -0.25) is 19.4 Å². The average Bonchev–Trinajstić information content (AvgIpc) is 3.00. The molecule has 2 N–H and O–H groups in total. The highest BCUT2D eigenvalue weighted by molar-refractivity contribution is 6.32. The summed E-state index contributed by atoms with van der Waals surface area (Å²) in [5.41, 5.74) is 3.18. The van der Waals surface area contributed by atoms with Crippen LogP contribution in [0.2, 0.25) is 5.02 Å². The molecule has 0 bridgehead atoms. The predicted molar refractivity (Wildman–Crippen MR) is 105 cm³/mol. The van der Waals surface area contributed by atoms with Gasteiger partial charge in [0.15, 0.2) is 0 Å². The van der Waals surface area contributed by atoms with Crippen molar-refractivity contribution in [3.8, 4) is 0 Å². The van der Waals surface area contributed by atoms with Gasteiger partial charge in [-0.15, -0.1) is 0 Å². The highest BCUT2D eigenvalue weighted by atomic mass is 35.5. The van der Waals surface area contributed by atoms with Crippen LogP contribution in [-0.2, 0) is 13.0 Å². The molecule has 7 nitrogen and oxygen atoms in total. The minimum atomic E-state index is -0.461. The Kier molecular flexibility index (Phi) is 4.58. The molecule has 9 heteroatoms. The monoisotopic (exact) mass is 403 g/mol. The Labute approximate surface area is 164 Å². The van der Waals surface area contributed by atoms with Gasteiger partial charge in [0.05, 0.1) is 30.0 Å². The summed E-state index contributed by atoms with van der Waals surface area (Å²) in [5.74, 6) is -0.282. The van der Waals surface area contributed by atoms with Crippen molar-refractivity contribution >= 4 is 17.3 Å². The molecular formula is C19H19ClFN5O2. The summed E-state index contributed by atoms with van der Waals surface area (Å²) in [5, 5.41) is 9.07. The fourth-order valence-corrected chi connectivity index (χ4v) is 4.05. The van der Waals surface area contributed by atoms with Crippen LogP contribution in [-0.4, -0.2) is 26.5 Å². The molecule has 3 aromatic rings. The first-order valence-corrected chi connectivity index (χ1v) is 9.31. The first kappa shape index (κ1) is 18.5. The highest BCUT2D eigenvalue weighted by Gasteiger charge is 2.27. The van der Waals surface area contributed by atoms with Crippen molar-refractivity contribution in [2.75, 3.05) is 11.4 Å². The van der Waals surface area contributed by atoms with E-state index in [4.69, 9.17) is 11.6 Å². The Morgan fingerprint density at radius 2 is 2.07 bits per heavy atom. The van der Waals surface area contributed by atoms with E-state index >= 15 is 0 Å². The van der Waals surface area contributed by atoms with E-state index in [1.807, 2.05) is 23.4 Å². The molecule has 1 aliphatic heterocycles. The number of H-pyrrole nitrogens is 2. The molecule has 2 aromatic heterocycles. The minimum absolute atomic E-state index is 0.0598. The smallest absolute Gasteiger partial charge is 0.285 e. The van der Waals surface area contributed by atoms with Crippen LogP contribution in [0.1, 0.15) is 35.3 Å². The quantitative estimate of drug-likeness (QED) is 0.703. The molecule has 1 unspecified atom stereocenters. The topological polar surface area (TPSA) is 86.8 Å². The largest absolute Gasteiger partial charge is 0.364 e. The predicted octanol–water partition coefficient (Wildman–Crippen LogP) is 2.53.